The summed E-state index contributed by atoms with van der Waals surface area (Å²) >= 11 is 7.40. The van der Waals surface area contributed by atoms with E-state index in [1.807, 2.05) is 20.2 Å². The average Bonchev–Trinajstić information content (AvgIpc) is 3.61. The van der Waals surface area contributed by atoms with Crippen LogP contribution < -0.4 is 10.3 Å². The number of pyridine rings is 1. The molecule has 2 N–H and O–H groups in total. The second-order valence-corrected chi connectivity index (χ2v) is 22.3. The number of allylic oxidation sites excluding steroid dienone is 1. The van der Waals surface area contributed by atoms with Crippen LogP contribution >= 0.6 is 11.6 Å². The van der Waals surface area contributed by atoms with Gasteiger partial charge in [0.25, 0.3) is 5.56 Å². The number of likely N-dealkylation sites (N-methyl/N-ethyl adjacent to an activating group) is 1. The molecule has 12 heteroatoms. The molecule has 4 saturated carbocycles. The Morgan fingerprint density at radius 3 is 2.30 bits per heavy atom. The van der Waals surface area contributed by atoms with Gasteiger partial charge in [-0.15, -0.1) is 0 Å². The minimum Gasteiger partial charge on any atom is -0.481 e. The summed E-state index contributed by atoms with van der Waals surface area (Å²) in [7, 11) is 5.64. The number of aliphatic carboxylic acids is 1. The minimum atomic E-state index is -1.18. The first-order valence-electron chi connectivity index (χ1n) is 22.4. The van der Waals surface area contributed by atoms with Crippen molar-refractivity contribution in [1.82, 2.24) is 19.2 Å². The lowest BCUT2D eigenvalue weighted by Crippen LogP contribution is -2.66. The van der Waals surface area contributed by atoms with Gasteiger partial charge in [0, 0.05) is 23.4 Å². The summed E-state index contributed by atoms with van der Waals surface area (Å²) in [6.07, 6.45) is 8.67. The highest BCUT2D eigenvalue weighted by Gasteiger charge is 2.71. The highest BCUT2D eigenvalue weighted by Crippen LogP contribution is 2.77. The lowest BCUT2D eigenvalue weighted by atomic mass is 9.33. The van der Waals surface area contributed by atoms with Crippen LogP contribution in [0.1, 0.15) is 132 Å². The molecule has 0 aromatic carbocycles. The van der Waals surface area contributed by atoms with Crippen molar-refractivity contribution in [3.8, 4) is 11.6 Å². The molecule has 2 heterocycles. The fraction of sp³-hybridized carbons (Fsp3) is 0.750. The third-order valence-electron chi connectivity index (χ3n) is 17.5. The molecule has 11 nitrogen and oxygen atoms in total. The lowest BCUT2D eigenvalue weighted by molar-refractivity contribution is -0.232. The van der Waals surface area contributed by atoms with Crippen LogP contribution in [0.25, 0.3) is 5.69 Å². The maximum atomic E-state index is 14.5. The molecule has 2 aromatic heterocycles. The number of rotatable bonds is 11. The number of fused-ring (bicyclic) bond motifs is 7. The predicted molar refractivity (Wildman–Crippen MR) is 234 cm³/mol. The van der Waals surface area contributed by atoms with Gasteiger partial charge < -0.3 is 24.6 Å². The highest BCUT2D eigenvalue weighted by molar-refractivity contribution is 6.31. The minimum absolute atomic E-state index is 0.00383. The van der Waals surface area contributed by atoms with Gasteiger partial charge in [0.05, 0.1) is 49.2 Å². The fourth-order valence-electron chi connectivity index (χ4n) is 14.3. The van der Waals surface area contributed by atoms with Crippen LogP contribution in [0.4, 0.5) is 0 Å². The quantitative estimate of drug-likeness (QED) is 0.168. The zero-order chi connectivity index (χ0) is 44.1. The largest absolute Gasteiger partial charge is 0.481 e. The van der Waals surface area contributed by atoms with Crippen molar-refractivity contribution in [3.63, 3.8) is 0 Å². The highest BCUT2D eigenvalue weighted by atomic mass is 35.5. The van der Waals surface area contributed by atoms with Gasteiger partial charge in [0.15, 0.2) is 0 Å². The Morgan fingerprint density at radius 2 is 1.70 bits per heavy atom. The molecule has 0 amide bonds. The van der Waals surface area contributed by atoms with Crippen LogP contribution in [0.2, 0.25) is 5.02 Å². The number of carbonyl (C=O) groups is 2. The molecule has 0 aliphatic heterocycles. The number of halogens is 1. The van der Waals surface area contributed by atoms with Gasteiger partial charge in [-0.2, -0.15) is 0 Å². The van der Waals surface area contributed by atoms with E-state index in [2.05, 4.69) is 63.0 Å². The molecule has 5 aliphatic carbocycles. The van der Waals surface area contributed by atoms with Crippen LogP contribution in [0.15, 0.2) is 34.3 Å². The molecule has 7 rings (SSSR count). The number of aliphatic hydroxyl groups is 1. The summed E-state index contributed by atoms with van der Waals surface area (Å²) in [5.74, 6) is 0.126. The van der Waals surface area contributed by atoms with E-state index in [1.54, 1.807) is 37.9 Å². The van der Waals surface area contributed by atoms with E-state index < -0.39 is 28.9 Å². The van der Waals surface area contributed by atoms with E-state index in [9.17, 15) is 24.6 Å². The standard InChI is InChI=1S/C48H71ClN4O7/c1-28(2)37-31(54)25-48(40-39(49)41(56)53(52(40)24-23-51(10)11)29-13-16-35(59-12)50-27-29)22-21-46(8)30(38(37)48)14-15-33-45(7)19-18-34(60-36(55)26-43(3,4)42(57)58)44(5,6)32(45)17-20-47(33,46)9/h13,16,27-28,30-34,54H,14-15,17-26H2,1-12H3,(H,57,58)/t30?,31?,32-,33+,34-,45-,46+,47+,48+/m0/s1. The number of carboxylic acids is 1. The third-order valence-corrected chi connectivity index (χ3v) is 17.8. The third kappa shape index (κ3) is 6.63. The van der Waals surface area contributed by atoms with E-state index in [0.717, 1.165) is 62.6 Å². The SMILES string of the molecule is COc1ccc(-n2c(=O)c(Cl)c([C@@]34CC[C@]5(C)C(CC[C@@H]6[C@@]7(C)CC[C@H](OC(=O)CC(C)(C)C(=O)O)C(C)(C)[C@@H]7CC[C@]65C)C3=C(C(C)C)C(O)C4)n2CCN(C)C)cn1. The number of nitrogens with zero attached hydrogens (tertiary/aromatic N) is 4. The first-order chi connectivity index (χ1) is 27.9. The summed E-state index contributed by atoms with van der Waals surface area (Å²) in [5.41, 5.74) is 1.49. The number of carboxylic acid groups (broad SMARTS) is 1. The van der Waals surface area contributed by atoms with Crippen molar-refractivity contribution in [3.05, 3.63) is 50.5 Å². The summed E-state index contributed by atoms with van der Waals surface area (Å²) in [4.78, 5) is 46.2. The molecule has 5 aliphatic rings. The molecule has 2 unspecified atom stereocenters. The second kappa shape index (κ2) is 15.3. The van der Waals surface area contributed by atoms with Crippen molar-refractivity contribution in [2.24, 2.45) is 50.7 Å². The average molecular weight is 852 g/mol. The Labute approximate surface area is 362 Å². The molecule has 4 fully saturated rings. The smallest absolute Gasteiger partial charge is 0.309 e. The molecule has 9 atom stereocenters. The second-order valence-electron chi connectivity index (χ2n) is 21.9. The topological polar surface area (TPSA) is 136 Å². The van der Waals surface area contributed by atoms with Gasteiger partial charge in [-0.25, -0.2) is 9.67 Å². The van der Waals surface area contributed by atoms with Crippen LogP contribution in [0, 0.1) is 50.7 Å². The molecule has 0 saturated heterocycles. The molecule has 2 aromatic rings. The molecular weight excluding hydrogens is 780 g/mol. The van der Waals surface area contributed by atoms with Crippen LogP contribution in [-0.4, -0.2) is 81.4 Å². The molecule has 0 radical (unpaired) electrons. The maximum Gasteiger partial charge on any atom is 0.309 e. The van der Waals surface area contributed by atoms with Crippen molar-refractivity contribution in [1.29, 1.82) is 0 Å². The monoisotopic (exact) mass is 851 g/mol. The molecule has 60 heavy (non-hydrogen) atoms. The maximum absolute atomic E-state index is 14.5. The Kier molecular flexibility index (Phi) is 11.4. The number of aromatic nitrogens is 3. The number of hydrogen-bond donors (Lipinski definition) is 2. The zero-order valence-corrected chi connectivity index (χ0v) is 39.0. The number of methoxy groups -OCH3 is 1. The van der Waals surface area contributed by atoms with Crippen LogP contribution in [0.5, 0.6) is 5.88 Å². The van der Waals surface area contributed by atoms with E-state index in [0.29, 0.717) is 42.9 Å². The first-order valence-corrected chi connectivity index (χ1v) is 22.8. The van der Waals surface area contributed by atoms with Gasteiger partial charge in [-0.3, -0.25) is 19.1 Å². The van der Waals surface area contributed by atoms with E-state index in [4.69, 9.17) is 21.1 Å². The number of ether oxygens (including phenoxy) is 2. The Balaban J connectivity index is 1.28. The van der Waals surface area contributed by atoms with Gasteiger partial charge in [-0.05, 0) is 137 Å². The normalized spacial score (nSPS) is 34.8. The van der Waals surface area contributed by atoms with Gasteiger partial charge in [-0.1, -0.05) is 65.6 Å². The van der Waals surface area contributed by atoms with Gasteiger partial charge in [0.2, 0.25) is 5.88 Å². The number of carbonyl (C=O) groups excluding carboxylic acids is 1. The molecule has 0 bridgehead atoms. The molecule has 0 spiro atoms. The van der Waals surface area contributed by atoms with E-state index in [-0.39, 0.29) is 56.6 Å². The zero-order valence-electron chi connectivity index (χ0n) is 38.3. The summed E-state index contributed by atoms with van der Waals surface area (Å²) in [5, 5.41) is 22.2. The number of hydrogen-bond acceptors (Lipinski definition) is 8. The van der Waals surface area contributed by atoms with Crippen molar-refractivity contribution in [2.45, 2.75) is 151 Å². The summed E-state index contributed by atoms with van der Waals surface area (Å²) < 4.78 is 15.4. The van der Waals surface area contributed by atoms with Crippen molar-refractivity contribution >= 4 is 23.5 Å². The summed E-state index contributed by atoms with van der Waals surface area (Å²) in [6, 6.07) is 3.62. The Bertz CT molecular complexity index is 2100. The molecular formula is C48H71ClN4O7. The van der Waals surface area contributed by atoms with Gasteiger partial charge >= 0.3 is 11.9 Å². The Hall–Kier alpha value is -3.15. The fourth-order valence-corrected chi connectivity index (χ4v) is 14.7. The van der Waals surface area contributed by atoms with E-state index in [1.165, 1.54) is 5.57 Å². The van der Waals surface area contributed by atoms with E-state index >= 15 is 0 Å². The summed E-state index contributed by atoms with van der Waals surface area (Å²) in [6.45, 7) is 21.0. The van der Waals surface area contributed by atoms with Crippen LogP contribution in [0.3, 0.4) is 0 Å². The van der Waals surface area contributed by atoms with Crippen LogP contribution in [-0.2, 0) is 26.3 Å². The number of esters is 1. The number of aliphatic hydroxyl groups excluding tert-OH is 1. The molecule has 332 valence electrons. The lowest BCUT2D eigenvalue weighted by Gasteiger charge is -2.72. The Morgan fingerprint density at radius 1 is 1.00 bits per heavy atom. The van der Waals surface area contributed by atoms with Gasteiger partial charge in [0.1, 0.15) is 11.1 Å². The first kappa shape index (κ1) is 44.9. The van der Waals surface area contributed by atoms with Crippen molar-refractivity contribution in [2.75, 3.05) is 27.7 Å². The predicted octanol–water partition coefficient (Wildman–Crippen LogP) is 8.69. The van der Waals surface area contributed by atoms with Crippen molar-refractivity contribution < 1.29 is 29.3 Å².